The van der Waals surface area contributed by atoms with Crippen LogP contribution in [0.3, 0.4) is 0 Å². The van der Waals surface area contributed by atoms with Crippen molar-refractivity contribution in [3.8, 4) is 0 Å². The van der Waals surface area contributed by atoms with Gasteiger partial charge in [0.15, 0.2) is 0 Å². The van der Waals surface area contributed by atoms with Crippen LogP contribution in [0.25, 0.3) is 0 Å². The Morgan fingerprint density at radius 3 is 2.04 bits per heavy atom. The third-order valence-electron chi connectivity index (χ3n) is 4.57. The van der Waals surface area contributed by atoms with E-state index in [0.29, 0.717) is 12.5 Å². The van der Waals surface area contributed by atoms with E-state index in [1.54, 1.807) is 24.3 Å². The molecule has 0 aliphatic heterocycles. The highest BCUT2D eigenvalue weighted by Gasteiger charge is 2.20. The molecule has 0 fully saturated rings. The molecule has 2 rings (SSSR count). The summed E-state index contributed by atoms with van der Waals surface area (Å²) in [6.45, 7) is 4.79. The highest BCUT2D eigenvalue weighted by molar-refractivity contribution is 6.03. The third kappa shape index (κ3) is 6.55. The molecule has 27 heavy (non-hydrogen) atoms. The van der Waals surface area contributed by atoms with Crippen LogP contribution in [0.4, 0.5) is 0 Å². The van der Waals surface area contributed by atoms with Crippen LogP contribution in [0.15, 0.2) is 54.6 Å². The smallest absolute Gasteiger partial charge is 0.339 e. The van der Waals surface area contributed by atoms with Gasteiger partial charge in [-0.05, 0) is 30.0 Å². The number of carbonyl (C=O) groups is 2. The minimum Gasteiger partial charge on any atom is -0.462 e. The van der Waals surface area contributed by atoms with Gasteiger partial charge in [0.05, 0.1) is 17.7 Å². The van der Waals surface area contributed by atoms with Crippen molar-refractivity contribution in [2.45, 2.75) is 46.1 Å². The summed E-state index contributed by atoms with van der Waals surface area (Å²) >= 11 is 0. The molecule has 4 heteroatoms. The molecule has 0 heterocycles. The van der Waals surface area contributed by atoms with Crippen LogP contribution in [-0.4, -0.2) is 18.5 Å². The van der Waals surface area contributed by atoms with Crippen molar-refractivity contribution in [3.63, 3.8) is 0 Å². The van der Waals surface area contributed by atoms with Gasteiger partial charge in [-0.2, -0.15) is 0 Å². The van der Waals surface area contributed by atoms with E-state index < -0.39 is 11.9 Å². The second kappa shape index (κ2) is 11.2. The Bertz CT molecular complexity index is 724. The molecule has 0 aliphatic rings. The Hall–Kier alpha value is -2.62. The molecule has 144 valence electrons. The van der Waals surface area contributed by atoms with Gasteiger partial charge in [-0.3, -0.25) is 0 Å². The topological polar surface area (TPSA) is 52.6 Å². The van der Waals surface area contributed by atoms with Gasteiger partial charge in [0, 0.05) is 0 Å². The Morgan fingerprint density at radius 1 is 0.852 bits per heavy atom. The molecule has 0 bridgehead atoms. The van der Waals surface area contributed by atoms with Crippen LogP contribution in [0.5, 0.6) is 0 Å². The van der Waals surface area contributed by atoms with E-state index in [1.165, 1.54) is 0 Å². The fourth-order valence-corrected chi connectivity index (χ4v) is 2.81. The van der Waals surface area contributed by atoms with Gasteiger partial charge >= 0.3 is 11.9 Å². The molecular weight excluding hydrogens is 340 g/mol. The summed E-state index contributed by atoms with van der Waals surface area (Å²) in [5, 5.41) is 0. The number of ether oxygens (including phenoxy) is 2. The van der Waals surface area contributed by atoms with E-state index in [2.05, 4.69) is 13.8 Å². The molecule has 0 saturated heterocycles. The van der Waals surface area contributed by atoms with E-state index in [9.17, 15) is 9.59 Å². The van der Waals surface area contributed by atoms with Crippen LogP contribution in [-0.2, 0) is 16.1 Å². The quantitative estimate of drug-likeness (QED) is 0.526. The predicted molar refractivity (Wildman–Crippen MR) is 106 cm³/mol. The normalized spacial score (nSPS) is 11.6. The first kappa shape index (κ1) is 20.7. The summed E-state index contributed by atoms with van der Waals surface area (Å²) in [7, 11) is 0. The summed E-state index contributed by atoms with van der Waals surface area (Å²) in [4.78, 5) is 25.0. The summed E-state index contributed by atoms with van der Waals surface area (Å²) in [6.07, 6.45) is 4.26. The second-order valence-electron chi connectivity index (χ2n) is 6.62. The molecule has 0 aromatic heterocycles. The summed E-state index contributed by atoms with van der Waals surface area (Å²) < 4.78 is 10.8. The fourth-order valence-electron chi connectivity index (χ4n) is 2.81. The van der Waals surface area contributed by atoms with E-state index in [4.69, 9.17) is 9.47 Å². The van der Waals surface area contributed by atoms with Crippen molar-refractivity contribution in [3.05, 3.63) is 71.3 Å². The molecule has 0 spiro atoms. The van der Waals surface area contributed by atoms with Crippen molar-refractivity contribution < 1.29 is 19.1 Å². The van der Waals surface area contributed by atoms with E-state index >= 15 is 0 Å². The molecule has 1 atom stereocenters. The first-order valence-corrected chi connectivity index (χ1v) is 9.62. The molecule has 0 saturated carbocycles. The zero-order chi connectivity index (χ0) is 19.5. The lowest BCUT2D eigenvalue weighted by molar-refractivity contribution is 0.0398. The van der Waals surface area contributed by atoms with Gasteiger partial charge in [0.25, 0.3) is 0 Å². The molecule has 0 unspecified atom stereocenters. The number of esters is 2. The minimum absolute atomic E-state index is 0.165. The van der Waals surface area contributed by atoms with Crippen LogP contribution in [0.1, 0.15) is 65.8 Å². The van der Waals surface area contributed by atoms with E-state index in [-0.39, 0.29) is 17.7 Å². The number of carbonyl (C=O) groups excluding carboxylic acids is 2. The Kier molecular flexibility index (Phi) is 8.56. The van der Waals surface area contributed by atoms with Crippen LogP contribution in [0.2, 0.25) is 0 Å². The van der Waals surface area contributed by atoms with Crippen molar-refractivity contribution in [1.29, 1.82) is 0 Å². The first-order chi connectivity index (χ1) is 13.2. The second-order valence-corrected chi connectivity index (χ2v) is 6.62. The average Bonchev–Trinajstić information content (AvgIpc) is 2.72. The van der Waals surface area contributed by atoms with Crippen molar-refractivity contribution >= 4 is 11.9 Å². The predicted octanol–water partition coefficient (Wildman–Crippen LogP) is 5.42. The van der Waals surface area contributed by atoms with Gasteiger partial charge in [-0.25, -0.2) is 9.59 Å². The highest BCUT2D eigenvalue weighted by Crippen LogP contribution is 2.17. The van der Waals surface area contributed by atoms with Gasteiger partial charge in [0.1, 0.15) is 6.61 Å². The summed E-state index contributed by atoms with van der Waals surface area (Å²) in [6, 6.07) is 16.1. The van der Waals surface area contributed by atoms with Crippen molar-refractivity contribution in [2.24, 2.45) is 5.92 Å². The monoisotopic (exact) mass is 368 g/mol. The van der Waals surface area contributed by atoms with Crippen LogP contribution < -0.4 is 0 Å². The van der Waals surface area contributed by atoms with E-state index in [0.717, 1.165) is 31.2 Å². The third-order valence-corrected chi connectivity index (χ3v) is 4.57. The Morgan fingerprint density at radius 2 is 1.44 bits per heavy atom. The molecule has 2 aromatic carbocycles. The molecule has 2 aromatic rings. The number of hydrogen-bond acceptors (Lipinski definition) is 4. The van der Waals surface area contributed by atoms with Gasteiger partial charge < -0.3 is 9.47 Å². The number of unbranched alkanes of at least 4 members (excludes halogenated alkanes) is 1. The number of hydrogen-bond donors (Lipinski definition) is 0. The average molecular weight is 368 g/mol. The minimum atomic E-state index is -0.524. The largest absolute Gasteiger partial charge is 0.462 e. The first-order valence-electron chi connectivity index (χ1n) is 9.62. The zero-order valence-electron chi connectivity index (χ0n) is 16.1. The Balaban J connectivity index is 1.99. The molecule has 4 nitrogen and oxygen atoms in total. The number of rotatable bonds is 10. The standard InChI is InChI=1S/C23H28O4/c1-3-5-11-18(4-2)16-26-22(24)20-14-9-10-15-21(20)23(25)27-17-19-12-7-6-8-13-19/h6-10,12-15,18H,3-5,11,16-17H2,1-2H3/t18-/m1/s1. The van der Waals surface area contributed by atoms with Crippen LogP contribution in [0, 0.1) is 5.92 Å². The molecular formula is C23H28O4. The zero-order valence-corrected chi connectivity index (χ0v) is 16.1. The van der Waals surface area contributed by atoms with Crippen molar-refractivity contribution in [1.82, 2.24) is 0 Å². The Labute approximate surface area is 161 Å². The lowest BCUT2D eigenvalue weighted by Crippen LogP contribution is -2.17. The van der Waals surface area contributed by atoms with E-state index in [1.807, 2.05) is 30.3 Å². The van der Waals surface area contributed by atoms with Crippen LogP contribution >= 0.6 is 0 Å². The number of benzene rings is 2. The summed E-state index contributed by atoms with van der Waals surface area (Å²) in [5.74, 6) is -0.646. The maximum Gasteiger partial charge on any atom is 0.339 e. The van der Waals surface area contributed by atoms with Gasteiger partial charge in [-0.15, -0.1) is 0 Å². The van der Waals surface area contributed by atoms with Gasteiger partial charge in [0.2, 0.25) is 0 Å². The molecule has 0 amide bonds. The van der Waals surface area contributed by atoms with Crippen molar-refractivity contribution in [2.75, 3.05) is 6.61 Å². The molecule has 0 aliphatic carbocycles. The lowest BCUT2D eigenvalue weighted by atomic mass is 10.0. The maximum absolute atomic E-state index is 12.5. The maximum atomic E-state index is 12.5. The lowest BCUT2D eigenvalue weighted by Gasteiger charge is -2.15. The highest BCUT2D eigenvalue weighted by atomic mass is 16.5. The molecule has 0 radical (unpaired) electrons. The SMILES string of the molecule is CCCC[C@@H](CC)COC(=O)c1ccccc1C(=O)OCc1ccccc1. The van der Waals surface area contributed by atoms with Gasteiger partial charge in [-0.1, -0.05) is 75.6 Å². The molecule has 0 N–H and O–H groups in total. The fraction of sp³-hybridized carbons (Fsp3) is 0.391. The summed E-state index contributed by atoms with van der Waals surface area (Å²) in [5.41, 5.74) is 1.38.